The molecule has 8 heteroatoms. The van der Waals surface area contributed by atoms with Crippen molar-refractivity contribution in [2.24, 2.45) is 0 Å². The predicted molar refractivity (Wildman–Crippen MR) is 65.3 cm³/mol. The van der Waals surface area contributed by atoms with Gasteiger partial charge in [-0.15, -0.1) is 0 Å². The van der Waals surface area contributed by atoms with E-state index in [0.717, 1.165) is 0 Å². The van der Waals surface area contributed by atoms with Crippen molar-refractivity contribution in [1.82, 2.24) is 10.2 Å². The van der Waals surface area contributed by atoms with Crippen molar-refractivity contribution < 1.29 is 8.42 Å². The Morgan fingerprint density at radius 2 is 2.12 bits per heavy atom. The van der Waals surface area contributed by atoms with E-state index >= 15 is 0 Å². The molecule has 1 aromatic heterocycles. The van der Waals surface area contributed by atoms with Crippen molar-refractivity contribution in [3.05, 3.63) is 35.5 Å². The summed E-state index contributed by atoms with van der Waals surface area (Å²) in [6.45, 7) is 0. The third-order valence-corrected chi connectivity index (χ3v) is 3.84. The summed E-state index contributed by atoms with van der Waals surface area (Å²) >= 11 is 5.82. The lowest BCUT2D eigenvalue weighted by Gasteiger charge is -2.08. The molecule has 2 rings (SSSR count). The number of nitrogens with zero attached hydrogens (tertiary/aromatic N) is 1. The number of hydrogen-bond acceptors (Lipinski definition) is 4. The minimum atomic E-state index is -3.77. The van der Waals surface area contributed by atoms with Crippen LogP contribution in [-0.4, -0.2) is 18.6 Å². The minimum absolute atomic E-state index is 0.0752. The van der Waals surface area contributed by atoms with E-state index < -0.39 is 10.0 Å². The number of rotatable bonds is 3. The van der Waals surface area contributed by atoms with E-state index in [0.29, 0.717) is 5.69 Å². The minimum Gasteiger partial charge on any atom is -0.399 e. The summed E-state index contributed by atoms with van der Waals surface area (Å²) in [5.41, 5.74) is 5.85. The molecule has 1 aromatic carbocycles. The topological polar surface area (TPSA) is 101 Å². The molecule has 6 nitrogen and oxygen atoms in total. The monoisotopic (exact) mass is 272 g/mol. The average Bonchev–Trinajstić information content (AvgIpc) is 2.73. The number of nitrogens with one attached hydrogen (secondary N) is 2. The Labute approximate surface area is 103 Å². The van der Waals surface area contributed by atoms with Crippen molar-refractivity contribution in [3.63, 3.8) is 0 Å². The third kappa shape index (κ3) is 2.51. The zero-order valence-corrected chi connectivity index (χ0v) is 10.1. The van der Waals surface area contributed by atoms with Gasteiger partial charge in [-0.1, -0.05) is 11.6 Å². The number of H-pyrrole nitrogens is 1. The van der Waals surface area contributed by atoms with Crippen LogP contribution in [-0.2, 0) is 10.0 Å². The normalized spacial score (nSPS) is 11.4. The molecule has 90 valence electrons. The highest BCUT2D eigenvalue weighted by atomic mass is 35.5. The smallest absolute Gasteiger partial charge is 0.264 e. The van der Waals surface area contributed by atoms with Crippen LogP contribution in [0.5, 0.6) is 0 Å². The lowest BCUT2D eigenvalue weighted by molar-refractivity contribution is 0.601. The molecule has 0 aliphatic rings. The summed E-state index contributed by atoms with van der Waals surface area (Å²) in [6, 6.07) is 5.73. The molecule has 2 aromatic rings. The van der Waals surface area contributed by atoms with Crippen LogP contribution in [0.2, 0.25) is 5.02 Å². The fraction of sp³-hybridized carbons (Fsp3) is 0. The lowest BCUT2D eigenvalue weighted by Crippen LogP contribution is -2.14. The van der Waals surface area contributed by atoms with Crippen molar-refractivity contribution in [3.8, 4) is 0 Å². The van der Waals surface area contributed by atoms with Gasteiger partial charge >= 0.3 is 0 Å². The van der Waals surface area contributed by atoms with Gasteiger partial charge < -0.3 is 5.73 Å². The fourth-order valence-electron chi connectivity index (χ4n) is 1.24. The second-order valence-electron chi connectivity index (χ2n) is 3.27. The van der Waals surface area contributed by atoms with E-state index in [2.05, 4.69) is 14.9 Å². The Balaban J connectivity index is 2.41. The second-order valence-corrected chi connectivity index (χ2v) is 5.32. The fourth-order valence-corrected chi connectivity index (χ4v) is 2.79. The highest BCUT2D eigenvalue weighted by Gasteiger charge is 2.18. The molecule has 17 heavy (non-hydrogen) atoms. The van der Waals surface area contributed by atoms with Crippen molar-refractivity contribution >= 4 is 33.1 Å². The van der Waals surface area contributed by atoms with Gasteiger partial charge in [-0.2, -0.15) is 5.10 Å². The molecule has 0 atom stereocenters. The standard InChI is InChI=1S/C9H9ClN4O2S/c10-7-2-1-6(11)5-8(7)17(15,16)14-9-3-4-12-13-9/h1-5H,11H2,(H2,12,13,14). The Morgan fingerprint density at radius 1 is 1.35 bits per heavy atom. The maximum Gasteiger partial charge on any atom is 0.264 e. The highest BCUT2D eigenvalue weighted by Crippen LogP contribution is 2.25. The number of hydrogen-bond donors (Lipinski definition) is 3. The molecular formula is C9H9ClN4O2S. The Bertz CT molecular complexity index is 624. The molecule has 0 aliphatic carbocycles. The first-order chi connectivity index (χ1) is 7.99. The number of halogens is 1. The summed E-state index contributed by atoms with van der Waals surface area (Å²) in [4.78, 5) is -0.0752. The summed E-state index contributed by atoms with van der Waals surface area (Å²) in [6.07, 6.45) is 1.43. The number of sulfonamides is 1. The maximum atomic E-state index is 12.0. The van der Waals surface area contributed by atoms with Gasteiger partial charge in [0.05, 0.1) is 11.2 Å². The van der Waals surface area contributed by atoms with E-state index in [1.54, 1.807) is 0 Å². The Hall–Kier alpha value is -1.73. The van der Waals surface area contributed by atoms with E-state index in [4.69, 9.17) is 17.3 Å². The number of nitrogen functional groups attached to an aromatic ring is 1. The molecule has 0 radical (unpaired) electrons. The Kier molecular flexibility index (Phi) is 2.95. The molecule has 0 unspecified atom stereocenters. The van der Waals surface area contributed by atoms with Crippen molar-refractivity contribution in [2.45, 2.75) is 4.90 Å². The molecule has 4 N–H and O–H groups in total. The van der Waals surface area contributed by atoms with Crippen LogP contribution in [0.15, 0.2) is 35.4 Å². The molecule has 0 saturated heterocycles. The van der Waals surface area contributed by atoms with Gasteiger partial charge in [0.2, 0.25) is 0 Å². The van der Waals surface area contributed by atoms with Crippen LogP contribution in [0.4, 0.5) is 11.5 Å². The molecule has 0 fully saturated rings. The van der Waals surface area contributed by atoms with Gasteiger partial charge in [0.1, 0.15) is 10.7 Å². The van der Waals surface area contributed by atoms with E-state index in [1.165, 1.54) is 30.5 Å². The van der Waals surface area contributed by atoms with Gasteiger partial charge in [-0.25, -0.2) is 8.42 Å². The molecule has 0 saturated carbocycles. The van der Waals surface area contributed by atoms with Gasteiger partial charge in [-0.3, -0.25) is 9.82 Å². The first-order valence-corrected chi connectivity index (χ1v) is 6.42. The SMILES string of the molecule is Nc1ccc(Cl)c(S(=O)(=O)Nc2ccn[nH]2)c1. The Morgan fingerprint density at radius 3 is 2.76 bits per heavy atom. The van der Waals surface area contributed by atoms with Crippen LogP contribution in [0.1, 0.15) is 0 Å². The summed E-state index contributed by atoms with van der Waals surface area (Å²) in [7, 11) is -3.77. The zero-order valence-electron chi connectivity index (χ0n) is 8.51. The molecule has 0 bridgehead atoms. The van der Waals surface area contributed by atoms with Crippen LogP contribution in [0.3, 0.4) is 0 Å². The van der Waals surface area contributed by atoms with Gasteiger partial charge in [0, 0.05) is 11.8 Å². The third-order valence-electron chi connectivity index (χ3n) is 1.99. The number of anilines is 2. The zero-order chi connectivity index (χ0) is 12.5. The highest BCUT2D eigenvalue weighted by molar-refractivity contribution is 7.92. The quantitative estimate of drug-likeness (QED) is 0.736. The molecule has 1 heterocycles. The summed E-state index contributed by atoms with van der Waals surface area (Å²) in [5, 5.41) is 6.22. The molecule has 0 spiro atoms. The van der Waals surface area contributed by atoms with E-state index in [1.807, 2.05) is 0 Å². The van der Waals surface area contributed by atoms with Gasteiger partial charge in [-0.05, 0) is 18.2 Å². The van der Waals surface area contributed by atoms with E-state index in [-0.39, 0.29) is 15.7 Å². The van der Waals surface area contributed by atoms with Crippen LogP contribution < -0.4 is 10.5 Å². The maximum absolute atomic E-state index is 12.0. The first-order valence-electron chi connectivity index (χ1n) is 4.56. The number of aromatic amines is 1. The van der Waals surface area contributed by atoms with E-state index in [9.17, 15) is 8.42 Å². The van der Waals surface area contributed by atoms with Crippen LogP contribution in [0.25, 0.3) is 0 Å². The molecular weight excluding hydrogens is 264 g/mol. The molecule has 0 aliphatic heterocycles. The lowest BCUT2D eigenvalue weighted by atomic mass is 10.3. The summed E-state index contributed by atoms with van der Waals surface area (Å²) < 4.78 is 26.2. The first kappa shape index (κ1) is 11.7. The van der Waals surface area contributed by atoms with Gasteiger partial charge in [0.15, 0.2) is 0 Å². The second kappa shape index (κ2) is 4.27. The van der Waals surface area contributed by atoms with Crippen molar-refractivity contribution in [1.29, 1.82) is 0 Å². The summed E-state index contributed by atoms with van der Waals surface area (Å²) in [5.74, 6) is 0.253. The van der Waals surface area contributed by atoms with Crippen LogP contribution in [0, 0.1) is 0 Å². The predicted octanol–water partition coefficient (Wildman–Crippen LogP) is 1.45. The van der Waals surface area contributed by atoms with Crippen molar-refractivity contribution in [2.75, 3.05) is 10.5 Å². The number of nitrogens with two attached hydrogens (primary N) is 1. The average molecular weight is 273 g/mol. The number of benzene rings is 1. The van der Waals surface area contributed by atoms with Gasteiger partial charge in [0.25, 0.3) is 10.0 Å². The largest absolute Gasteiger partial charge is 0.399 e. The molecule has 0 amide bonds. The number of aromatic nitrogens is 2. The van der Waals surface area contributed by atoms with Crippen LogP contribution >= 0.6 is 11.6 Å².